The molecule has 5 rings (SSSR count). The van der Waals surface area contributed by atoms with Crippen LogP contribution in [0.5, 0.6) is 5.75 Å². The normalized spacial score (nSPS) is 20.7. The van der Waals surface area contributed by atoms with E-state index in [0.717, 1.165) is 0 Å². The number of fused-ring (bicyclic) bond motifs is 1. The minimum atomic E-state index is -0.751. The van der Waals surface area contributed by atoms with Crippen LogP contribution in [0.4, 0.5) is 5.69 Å². The van der Waals surface area contributed by atoms with E-state index in [4.69, 9.17) is 21.1 Å². The number of carbonyl (C=O) groups is 3. The van der Waals surface area contributed by atoms with Crippen molar-refractivity contribution in [1.29, 1.82) is 0 Å². The number of anilines is 1. The van der Waals surface area contributed by atoms with Crippen molar-refractivity contribution in [3.8, 4) is 5.75 Å². The van der Waals surface area contributed by atoms with E-state index in [1.165, 1.54) is 0 Å². The van der Waals surface area contributed by atoms with Gasteiger partial charge in [0.05, 0.1) is 25.4 Å². The predicted octanol–water partition coefficient (Wildman–Crippen LogP) is 2.85. The van der Waals surface area contributed by atoms with Gasteiger partial charge in [0.1, 0.15) is 5.75 Å². The molecule has 2 aromatic carbocycles. The number of nitrogens with zero attached hydrogens (tertiary/aromatic N) is 3. The summed E-state index contributed by atoms with van der Waals surface area (Å²) in [5, 5.41) is 0.585. The molecule has 3 aliphatic rings. The molecule has 184 valence electrons. The van der Waals surface area contributed by atoms with Crippen molar-refractivity contribution in [2.45, 2.75) is 18.9 Å². The SMILES string of the molecule is O=C(c1ccc(Cl)cc1)N1CCC(C(=O)N2C[C@H](C(=O)N3CCOCC3)Oc3ccccc32)CC1. The van der Waals surface area contributed by atoms with Crippen LogP contribution < -0.4 is 9.64 Å². The van der Waals surface area contributed by atoms with Gasteiger partial charge in [0.15, 0.2) is 6.10 Å². The van der Waals surface area contributed by atoms with Crippen LogP contribution in [0.2, 0.25) is 5.02 Å². The second-order valence-electron chi connectivity index (χ2n) is 9.03. The molecule has 35 heavy (non-hydrogen) atoms. The predicted molar refractivity (Wildman–Crippen MR) is 131 cm³/mol. The summed E-state index contributed by atoms with van der Waals surface area (Å²) in [7, 11) is 0. The van der Waals surface area contributed by atoms with E-state index in [1.54, 1.807) is 45.0 Å². The van der Waals surface area contributed by atoms with E-state index in [0.29, 0.717) is 74.3 Å². The molecular formula is C26H28ClN3O5. The van der Waals surface area contributed by atoms with E-state index in [1.807, 2.05) is 18.2 Å². The lowest BCUT2D eigenvalue weighted by Gasteiger charge is -2.39. The quantitative estimate of drug-likeness (QED) is 0.651. The Morgan fingerprint density at radius 3 is 2.23 bits per heavy atom. The fraction of sp³-hybridized carbons (Fsp3) is 0.423. The molecule has 0 saturated carbocycles. The molecule has 0 N–H and O–H groups in total. The molecule has 3 aliphatic heterocycles. The number of hydrogen-bond acceptors (Lipinski definition) is 5. The average Bonchev–Trinajstić information content (AvgIpc) is 2.92. The highest BCUT2D eigenvalue weighted by Gasteiger charge is 2.39. The van der Waals surface area contributed by atoms with Crippen LogP contribution >= 0.6 is 11.6 Å². The minimum Gasteiger partial charge on any atom is -0.476 e. The fourth-order valence-corrected chi connectivity index (χ4v) is 5.01. The molecule has 9 heteroatoms. The van der Waals surface area contributed by atoms with Crippen molar-refractivity contribution in [2.24, 2.45) is 5.92 Å². The molecule has 0 radical (unpaired) electrons. The van der Waals surface area contributed by atoms with Crippen LogP contribution in [0.25, 0.3) is 0 Å². The Bertz CT molecular complexity index is 1090. The van der Waals surface area contributed by atoms with Crippen molar-refractivity contribution in [3.63, 3.8) is 0 Å². The van der Waals surface area contributed by atoms with Crippen molar-refractivity contribution in [1.82, 2.24) is 9.80 Å². The Morgan fingerprint density at radius 2 is 1.51 bits per heavy atom. The monoisotopic (exact) mass is 497 g/mol. The summed E-state index contributed by atoms with van der Waals surface area (Å²) in [4.78, 5) is 44.9. The summed E-state index contributed by atoms with van der Waals surface area (Å²) < 4.78 is 11.4. The minimum absolute atomic E-state index is 0.0286. The summed E-state index contributed by atoms with van der Waals surface area (Å²) in [5.41, 5.74) is 1.27. The summed E-state index contributed by atoms with van der Waals surface area (Å²) in [5.74, 6) is 0.104. The zero-order chi connectivity index (χ0) is 24.4. The molecule has 2 fully saturated rings. The first-order valence-electron chi connectivity index (χ1n) is 12.0. The summed E-state index contributed by atoms with van der Waals surface area (Å²) in [6.45, 7) is 3.23. The van der Waals surface area contributed by atoms with Gasteiger partial charge in [0.2, 0.25) is 5.91 Å². The van der Waals surface area contributed by atoms with Gasteiger partial charge in [-0.25, -0.2) is 0 Å². The number of piperidine rings is 1. The number of morpholine rings is 1. The molecule has 1 atom stereocenters. The van der Waals surface area contributed by atoms with Gasteiger partial charge in [-0.05, 0) is 49.2 Å². The van der Waals surface area contributed by atoms with Gasteiger partial charge in [-0.1, -0.05) is 23.7 Å². The summed E-state index contributed by atoms with van der Waals surface area (Å²) >= 11 is 5.93. The second-order valence-corrected chi connectivity index (χ2v) is 9.47. The van der Waals surface area contributed by atoms with Crippen LogP contribution in [0.1, 0.15) is 23.2 Å². The third kappa shape index (κ3) is 4.99. The molecule has 0 aromatic heterocycles. The maximum Gasteiger partial charge on any atom is 0.265 e. The smallest absolute Gasteiger partial charge is 0.265 e. The maximum absolute atomic E-state index is 13.7. The van der Waals surface area contributed by atoms with E-state index < -0.39 is 6.10 Å². The Hall–Kier alpha value is -3.10. The number of benzene rings is 2. The number of hydrogen-bond donors (Lipinski definition) is 0. The Balaban J connectivity index is 1.27. The molecule has 8 nitrogen and oxygen atoms in total. The molecule has 0 bridgehead atoms. The van der Waals surface area contributed by atoms with E-state index in [2.05, 4.69) is 0 Å². The number of rotatable bonds is 3. The molecule has 0 spiro atoms. The van der Waals surface area contributed by atoms with Crippen LogP contribution in [0, 0.1) is 5.92 Å². The Labute approximate surface area is 209 Å². The number of amides is 3. The Morgan fingerprint density at radius 1 is 0.829 bits per heavy atom. The number of likely N-dealkylation sites (tertiary alicyclic amines) is 1. The fourth-order valence-electron chi connectivity index (χ4n) is 4.88. The molecule has 2 saturated heterocycles. The topological polar surface area (TPSA) is 79.4 Å². The van der Waals surface area contributed by atoms with Crippen molar-refractivity contribution in [2.75, 3.05) is 50.8 Å². The molecule has 3 heterocycles. The average molecular weight is 498 g/mol. The van der Waals surface area contributed by atoms with E-state index in [-0.39, 0.29) is 30.2 Å². The lowest BCUT2D eigenvalue weighted by molar-refractivity contribution is -0.143. The molecule has 3 amide bonds. The maximum atomic E-state index is 13.7. The molecular weight excluding hydrogens is 470 g/mol. The van der Waals surface area contributed by atoms with E-state index >= 15 is 0 Å². The number of carbonyl (C=O) groups excluding carboxylic acids is 3. The zero-order valence-corrected chi connectivity index (χ0v) is 20.2. The van der Waals surface area contributed by atoms with Gasteiger partial charge in [0.25, 0.3) is 11.8 Å². The van der Waals surface area contributed by atoms with Crippen LogP contribution in [0.3, 0.4) is 0 Å². The first kappa shape index (κ1) is 23.6. The zero-order valence-electron chi connectivity index (χ0n) is 19.4. The van der Waals surface area contributed by atoms with Crippen LogP contribution in [0.15, 0.2) is 48.5 Å². The van der Waals surface area contributed by atoms with Crippen molar-refractivity contribution >= 4 is 35.0 Å². The first-order chi connectivity index (χ1) is 17.0. The van der Waals surface area contributed by atoms with Crippen LogP contribution in [-0.4, -0.2) is 79.6 Å². The van der Waals surface area contributed by atoms with Gasteiger partial charge in [-0.15, -0.1) is 0 Å². The second kappa shape index (κ2) is 10.3. The molecule has 0 unspecified atom stereocenters. The highest BCUT2D eigenvalue weighted by Crippen LogP contribution is 2.36. The van der Waals surface area contributed by atoms with Gasteiger partial charge < -0.3 is 24.2 Å². The highest BCUT2D eigenvalue weighted by molar-refractivity contribution is 6.30. The van der Waals surface area contributed by atoms with Crippen LogP contribution in [-0.2, 0) is 14.3 Å². The number of halogens is 1. The lowest BCUT2D eigenvalue weighted by Crippen LogP contribution is -2.55. The standard InChI is InChI=1S/C26H28ClN3O5/c27-20-7-5-18(6-8-20)24(31)28-11-9-19(10-12-28)25(32)30-17-23(26(33)29-13-15-34-16-14-29)35-22-4-2-1-3-21(22)30/h1-8,19,23H,9-17H2/t23-/m1/s1. The largest absolute Gasteiger partial charge is 0.476 e. The van der Waals surface area contributed by atoms with Gasteiger partial charge in [0, 0.05) is 42.7 Å². The van der Waals surface area contributed by atoms with Crippen molar-refractivity contribution < 1.29 is 23.9 Å². The van der Waals surface area contributed by atoms with E-state index in [9.17, 15) is 14.4 Å². The lowest BCUT2D eigenvalue weighted by atomic mass is 9.94. The van der Waals surface area contributed by atoms with Gasteiger partial charge >= 0.3 is 0 Å². The summed E-state index contributed by atoms with van der Waals surface area (Å²) in [6, 6.07) is 14.2. The van der Waals surface area contributed by atoms with Crippen molar-refractivity contribution in [3.05, 3.63) is 59.1 Å². The molecule has 2 aromatic rings. The van der Waals surface area contributed by atoms with Gasteiger partial charge in [-0.2, -0.15) is 0 Å². The number of para-hydroxylation sites is 2. The first-order valence-corrected chi connectivity index (χ1v) is 12.4. The molecule has 0 aliphatic carbocycles. The third-order valence-electron chi connectivity index (χ3n) is 6.86. The number of ether oxygens (including phenoxy) is 2. The van der Waals surface area contributed by atoms with Gasteiger partial charge in [-0.3, -0.25) is 14.4 Å². The highest BCUT2D eigenvalue weighted by atomic mass is 35.5. The summed E-state index contributed by atoms with van der Waals surface area (Å²) in [6.07, 6.45) is 0.387. The third-order valence-corrected chi connectivity index (χ3v) is 7.11. The Kier molecular flexibility index (Phi) is 6.92.